The maximum Gasteiger partial charge on any atom is 0.0567 e. The fraction of sp³-hybridized carbons (Fsp3) is 0.400. The van der Waals surface area contributed by atoms with E-state index in [9.17, 15) is 0 Å². The van der Waals surface area contributed by atoms with Crippen molar-refractivity contribution in [2.24, 2.45) is 0 Å². The molecule has 3 rings (SSSR count). The van der Waals surface area contributed by atoms with Crippen molar-refractivity contribution in [3.8, 4) is 0 Å². The third-order valence-corrected chi connectivity index (χ3v) is 8.45. The number of halogens is 4. The molecule has 1 aromatic carbocycles. The highest BCUT2D eigenvalue weighted by atomic mass is 79.9. The van der Waals surface area contributed by atoms with E-state index in [0.717, 1.165) is 0 Å². The standard InChI is InChI=1S/C10H6Br4/c11-7-3-1-2-4-6(5(3)9(7)13)10(14)8(4)12/h1-2,7-10H/t7-,8-,9-,10-/m0/s1. The minimum Gasteiger partial charge on any atom is -0.0823 e. The van der Waals surface area contributed by atoms with Gasteiger partial charge >= 0.3 is 0 Å². The molecule has 0 aromatic heterocycles. The molecule has 1 aromatic rings. The first kappa shape index (κ1) is 10.3. The highest BCUT2D eigenvalue weighted by Crippen LogP contribution is 2.64. The first-order valence-electron chi connectivity index (χ1n) is 4.35. The van der Waals surface area contributed by atoms with Crippen LogP contribution in [0.1, 0.15) is 41.6 Å². The van der Waals surface area contributed by atoms with Crippen molar-refractivity contribution >= 4 is 63.7 Å². The number of benzene rings is 1. The van der Waals surface area contributed by atoms with Crippen LogP contribution in [-0.4, -0.2) is 0 Å². The third-order valence-electron chi connectivity index (χ3n) is 3.01. The van der Waals surface area contributed by atoms with Gasteiger partial charge in [0.25, 0.3) is 0 Å². The van der Waals surface area contributed by atoms with E-state index >= 15 is 0 Å². The molecule has 0 N–H and O–H groups in total. The molecular formula is C10H6Br4. The summed E-state index contributed by atoms with van der Waals surface area (Å²) in [6.45, 7) is 0. The molecule has 14 heavy (non-hydrogen) atoms. The lowest BCUT2D eigenvalue weighted by atomic mass is 9.75. The Kier molecular flexibility index (Phi) is 2.44. The maximum absolute atomic E-state index is 3.71. The van der Waals surface area contributed by atoms with Crippen LogP contribution in [-0.2, 0) is 0 Å². The Morgan fingerprint density at radius 1 is 0.643 bits per heavy atom. The Hall–Kier alpha value is 1.14. The van der Waals surface area contributed by atoms with Crippen LogP contribution in [0.3, 0.4) is 0 Å². The van der Waals surface area contributed by atoms with Crippen LogP contribution in [0.15, 0.2) is 12.1 Å². The molecule has 0 unspecified atom stereocenters. The van der Waals surface area contributed by atoms with Crippen LogP contribution in [0, 0.1) is 0 Å². The normalized spacial score (nSPS) is 38.0. The summed E-state index contributed by atoms with van der Waals surface area (Å²) in [7, 11) is 0. The summed E-state index contributed by atoms with van der Waals surface area (Å²) in [5.41, 5.74) is 5.85. The summed E-state index contributed by atoms with van der Waals surface area (Å²) in [5, 5.41) is 0. The van der Waals surface area contributed by atoms with Gasteiger partial charge in [-0.25, -0.2) is 0 Å². The molecule has 74 valence electrons. The van der Waals surface area contributed by atoms with Crippen molar-refractivity contribution in [2.45, 2.75) is 19.3 Å². The minimum absolute atomic E-state index is 0.479. The minimum atomic E-state index is 0.479. The van der Waals surface area contributed by atoms with Gasteiger partial charge in [0, 0.05) is 0 Å². The van der Waals surface area contributed by atoms with E-state index < -0.39 is 0 Å². The zero-order valence-corrected chi connectivity index (χ0v) is 13.3. The van der Waals surface area contributed by atoms with Gasteiger partial charge in [0.1, 0.15) is 0 Å². The third kappa shape index (κ3) is 1.09. The zero-order valence-electron chi connectivity index (χ0n) is 6.98. The van der Waals surface area contributed by atoms with Gasteiger partial charge in [0.05, 0.1) is 19.3 Å². The van der Waals surface area contributed by atoms with E-state index in [0.29, 0.717) is 19.3 Å². The quantitative estimate of drug-likeness (QED) is 0.465. The summed E-state index contributed by atoms with van der Waals surface area (Å²) < 4.78 is 0. The second-order valence-corrected chi connectivity index (χ2v) is 7.62. The molecular weight excluding hydrogens is 440 g/mol. The summed E-state index contributed by atoms with van der Waals surface area (Å²) in [5.74, 6) is 0. The molecule has 0 nitrogen and oxygen atoms in total. The predicted molar refractivity (Wildman–Crippen MR) is 73.1 cm³/mol. The van der Waals surface area contributed by atoms with Crippen molar-refractivity contribution in [3.63, 3.8) is 0 Å². The van der Waals surface area contributed by atoms with Gasteiger partial charge < -0.3 is 0 Å². The number of alkyl halides is 4. The van der Waals surface area contributed by atoms with Crippen molar-refractivity contribution < 1.29 is 0 Å². The molecule has 0 heterocycles. The smallest absolute Gasteiger partial charge is 0.0567 e. The molecule has 4 atom stereocenters. The van der Waals surface area contributed by atoms with Gasteiger partial charge in [-0.1, -0.05) is 75.9 Å². The molecule has 0 bridgehead atoms. The molecule has 0 saturated carbocycles. The lowest BCUT2D eigenvalue weighted by molar-refractivity contribution is 0.725. The Morgan fingerprint density at radius 3 is 1.36 bits per heavy atom. The first-order valence-corrected chi connectivity index (χ1v) is 8.02. The van der Waals surface area contributed by atoms with Crippen LogP contribution >= 0.6 is 63.7 Å². The van der Waals surface area contributed by atoms with E-state index in [4.69, 9.17) is 0 Å². The fourth-order valence-electron chi connectivity index (χ4n) is 2.18. The molecule has 0 spiro atoms. The summed E-state index contributed by atoms with van der Waals surface area (Å²) in [6, 6.07) is 4.47. The van der Waals surface area contributed by atoms with E-state index in [-0.39, 0.29) is 0 Å². The molecule has 0 saturated heterocycles. The Morgan fingerprint density at radius 2 is 1.00 bits per heavy atom. The second kappa shape index (κ2) is 3.31. The largest absolute Gasteiger partial charge is 0.0823 e. The average molecular weight is 446 g/mol. The van der Waals surface area contributed by atoms with Crippen molar-refractivity contribution in [1.29, 1.82) is 0 Å². The van der Waals surface area contributed by atoms with Crippen LogP contribution in [0.25, 0.3) is 0 Å². The number of rotatable bonds is 0. The lowest BCUT2D eigenvalue weighted by Gasteiger charge is -2.43. The van der Waals surface area contributed by atoms with Crippen molar-refractivity contribution in [2.75, 3.05) is 0 Å². The van der Waals surface area contributed by atoms with Gasteiger partial charge in [0.2, 0.25) is 0 Å². The van der Waals surface area contributed by atoms with Gasteiger partial charge in [-0.3, -0.25) is 0 Å². The molecule has 0 fully saturated rings. The first-order chi connectivity index (χ1) is 6.63. The van der Waals surface area contributed by atoms with E-state index in [2.05, 4.69) is 75.9 Å². The predicted octanol–water partition coefficient (Wildman–Crippen LogP) is 5.46. The summed E-state index contributed by atoms with van der Waals surface area (Å²) >= 11 is 14.8. The van der Waals surface area contributed by atoms with Crippen molar-refractivity contribution in [3.05, 3.63) is 34.4 Å². The Bertz CT molecular complexity index is 376. The highest BCUT2D eigenvalue weighted by molar-refractivity contribution is 9.12. The summed E-state index contributed by atoms with van der Waals surface area (Å²) in [6.07, 6.45) is 0. The SMILES string of the molecule is Br[C@H]1c2ccc3c(c2[C@@H]1Br)[C@H](Br)[C@H]3Br. The molecule has 0 amide bonds. The topological polar surface area (TPSA) is 0 Å². The Balaban J connectivity index is 2.20. The maximum atomic E-state index is 3.71. The van der Waals surface area contributed by atoms with E-state index in [1.807, 2.05) is 0 Å². The van der Waals surface area contributed by atoms with Crippen LogP contribution < -0.4 is 0 Å². The second-order valence-electron chi connectivity index (χ2n) is 3.68. The summed E-state index contributed by atoms with van der Waals surface area (Å²) in [4.78, 5) is 1.92. The fourth-order valence-corrected chi connectivity index (χ4v) is 5.10. The molecule has 0 radical (unpaired) electrons. The molecule has 0 aliphatic heterocycles. The molecule has 2 aliphatic rings. The van der Waals surface area contributed by atoms with E-state index in [1.54, 1.807) is 0 Å². The van der Waals surface area contributed by atoms with Gasteiger partial charge in [-0.05, 0) is 22.3 Å². The molecule has 2 aliphatic carbocycles. The zero-order chi connectivity index (χ0) is 10.0. The van der Waals surface area contributed by atoms with Gasteiger partial charge in [-0.2, -0.15) is 0 Å². The van der Waals surface area contributed by atoms with Crippen LogP contribution in [0.4, 0.5) is 0 Å². The highest BCUT2D eigenvalue weighted by Gasteiger charge is 2.44. The van der Waals surface area contributed by atoms with Gasteiger partial charge in [-0.15, -0.1) is 0 Å². The van der Waals surface area contributed by atoms with E-state index in [1.165, 1.54) is 22.3 Å². The lowest BCUT2D eigenvalue weighted by Crippen LogP contribution is -2.26. The number of fused-ring (bicyclic) bond motifs is 3. The van der Waals surface area contributed by atoms with Crippen LogP contribution in [0.5, 0.6) is 0 Å². The molecule has 4 heteroatoms. The Labute approximate surface area is 116 Å². The monoisotopic (exact) mass is 442 g/mol. The average Bonchev–Trinajstić information content (AvgIpc) is 2.24. The number of hydrogen-bond donors (Lipinski definition) is 0. The number of hydrogen-bond acceptors (Lipinski definition) is 0. The van der Waals surface area contributed by atoms with Crippen LogP contribution in [0.2, 0.25) is 0 Å². The van der Waals surface area contributed by atoms with Gasteiger partial charge in [0.15, 0.2) is 0 Å². The van der Waals surface area contributed by atoms with Crippen molar-refractivity contribution in [1.82, 2.24) is 0 Å².